The third kappa shape index (κ3) is 2.81. The van der Waals surface area contributed by atoms with Crippen LogP contribution in [0.4, 0.5) is 0 Å². The smallest absolute Gasteiger partial charge is 0.254 e. The van der Waals surface area contributed by atoms with Crippen molar-refractivity contribution >= 4 is 5.91 Å². The highest BCUT2D eigenvalue weighted by atomic mass is 16.3. The van der Waals surface area contributed by atoms with Crippen molar-refractivity contribution in [3.05, 3.63) is 23.8 Å². The van der Waals surface area contributed by atoms with Crippen LogP contribution in [0.3, 0.4) is 0 Å². The first kappa shape index (κ1) is 13.7. The van der Waals surface area contributed by atoms with Crippen LogP contribution < -0.4 is 5.73 Å². The fourth-order valence-electron chi connectivity index (χ4n) is 2.75. The molecule has 0 radical (unpaired) electrons. The number of hydrogen-bond donors (Lipinski definition) is 3. The van der Waals surface area contributed by atoms with Gasteiger partial charge < -0.3 is 20.8 Å². The minimum absolute atomic E-state index is 0.0285. The Bertz CT molecular complexity index is 456. The molecule has 0 bridgehead atoms. The Balaban J connectivity index is 2.30. The lowest BCUT2D eigenvalue weighted by molar-refractivity contribution is 0.0493. The van der Waals surface area contributed by atoms with Gasteiger partial charge in [0.25, 0.3) is 5.91 Å². The molecule has 0 aliphatic carbocycles. The highest BCUT2D eigenvalue weighted by Gasteiger charge is 2.31. The molecule has 5 nitrogen and oxygen atoms in total. The third-order valence-electron chi connectivity index (χ3n) is 3.68. The van der Waals surface area contributed by atoms with Crippen molar-refractivity contribution in [3.8, 4) is 11.5 Å². The topological polar surface area (TPSA) is 86.8 Å². The summed E-state index contributed by atoms with van der Waals surface area (Å²) in [5.74, 6) is -0.413. The normalized spacial score (nSPS) is 23.4. The standard InChI is InChI=1S/C14H20N2O3/c1-9-3-2-4-11(8-15)16(9)14(19)10-5-12(17)7-13(18)6-10/h5-7,9,11,17-18H,2-4,8,15H2,1H3. The molecule has 1 aliphatic heterocycles. The van der Waals surface area contributed by atoms with Gasteiger partial charge >= 0.3 is 0 Å². The van der Waals surface area contributed by atoms with Crippen molar-refractivity contribution in [2.24, 2.45) is 5.73 Å². The molecule has 2 atom stereocenters. The maximum Gasteiger partial charge on any atom is 0.254 e. The predicted octanol–water partition coefficient (Wildman–Crippen LogP) is 1.44. The molecule has 1 aromatic rings. The summed E-state index contributed by atoms with van der Waals surface area (Å²) < 4.78 is 0. The van der Waals surface area contributed by atoms with Gasteiger partial charge in [-0.25, -0.2) is 0 Å². The Morgan fingerprint density at radius 1 is 1.32 bits per heavy atom. The molecule has 1 saturated heterocycles. The van der Waals surface area contributed by atoms with E-state index in [9.17, 15) is 15.0 Å². The molecule has 104 valence electrons. The van der Waals surface area contributed by atoms with Crippen LogP contribution in [0.1, 0.15) is 36.5 Å². The number of hydrogen-bond acceptors (Lipinski definition) is 4. The van der Waals surface area contributed by atoms with Crippen molar-refractivity contribution in [3.63, 3.8) is 0 Å². The molecule has 19 heavy (non-hydrogen) atoms. The molecule has 0 saturated carbocycles. The van der Waals surface area contributed by atoms with E-state index in [2.05, 4.69) is 0 Å². The summed E-state index contributed by atoms with van der Waals surface area (Å²) in [5.41, 5.74) is 6.03. The number of carbonyl (C=O) groups excluding carboxylic acids is 1. The highest BCUT2D eigenvalue weighted by Crippen LogP contribution is 2.27. The number of piperidine rings is 1. The van der Waals surface area contributed by atoms with Gasteiger partial charge in [0.1, 0.15) is 11.5 Å². The summed E-state index contributed by atoms with van der Waals surface area (Å²) in [6.07, 6.45) is 2.92. The van der Waals surface area contributed by atoms with E-state index in [4.69, 9.17) is 5.73 Å². The summed E-state index contributed by atoms with van der Waals surface area (Å²) in [7, 11) is 0. The van der Waals surface area contributed by atoms with Crippen molar-refractivity contribution in [1.29, 1.82) is 0 Å². The molecule has 5 heteroatoms. The molecule has 1 heterocycles. The first-order chi connectivity index (χ1) is 9.02. The average molecular weight is 264 g/mol. The van der Waals surface area contributed by atoms with Gasteiger partial charge in [0.15, 0.2) is 0 Å². The molecule has 2 rings (SSSR count). The lowest BCUT2D eigenvalue weighted by Gasteiger charge is -2.40. The van der Waals surface area contributed by atoms with E-state index in [-0.39, 0.29) is 29.5 Å². The number of carbonyl (C=O) groups is 1. The van der Waals surface area contributed by atoms with Gasteiger partial charge in [0, 0.05) is 30.3 Å². The number of phenols is 2. The van der Waals surface area contributed by atoms with Gasteiger partial charge in [0.05, 0.1) is 0 Å². The predicted molar refractivity (Wildman–Crippen MR) is 72.1 cm³/mol. The van der Waals surface area contributed by atoms with E-state index in [0.717, 1.165) is 19.3 Å². The van der Waals surface area contributed by atoms with Crippen LogP contribution in [0, 0.1) is 0 Å². The summed E-state index contributed by atoms with van der Waals surface area (Å²) in [6, 6.07) is 4.10. The van der Waals surface area contributed by atoms with Crippen LogP contribution >= 0.6 is 0 Å². The van der Waals surface area contributed by atoms with Gasteiger partial charge in [-0.05, 0) is 38.3 Å². The fourth-order valence-corrected chi connectivity index (χ4v) is 2.75. The van der Waals surface area contributed by atoms with Gasteiger partial charge in [-0.3, -0.25) is 4.79 Å². The Hall–Kier alpha value is -1.75. The lowest BCUT2D eigenvalue weighted by atomic mass is 9.95. The van der Waals surface area contributed by atoms with Crippen LogP contribution in [0.25, 0.3) is 0 Å². The molecule has 1 aliphatic rings. The fraction of sp³-hybridized carbons (Fsp3) is 0.500. The molecular formula is C14H20N2O3. The molecule has 0 spiro atoms. The zero-order valence-corrected chi connectivity index (χ0v) is 11.0. The van der Waals surface area contributed by atoms with Crippen molar-refractivity contribution in [2.45, 2.75) is 38.3 Å². The zero-order valence-electron chi connectivity index (χ0n) is 11.0. The average Bonchev–Trinajstić information content (AvgIpc) is 2.36. The second-order valence-corrected chi connectivity index (χ2v) is 5.12. The van der Waals surface area contributed by atoms with Gasteiger partial charge in [-0.1, -0.05) is 0 Å². The number of rotatable bonds is 2. The largest absolute Gasteiger partial charge is 0.508 e. The number of phenolic OH excluding ortho intramolecular Hbond substituents is 2. The molecule has 2 unspecified atom stereocenters. The Morgan fingerprint density at radius 3 is 2.53 bits per heavy atom. The van der Waals surface area contributed by atoms with Crippen LogP contribution in [-0.2, 0) is 0 Å². The van der Waals surface area contributed by atoms with Gasteiger partial charge in [-0.2, -0.15) is 0 Å². The number of amides is 1. The van der Waals surface area contributed by atoms with Crippen LogP contribution in [-0.4, -0.2) is 39.6 Å². The Labute approximate surface area is 112 Å². The first-order valence-corrected chi connectivity index (χ1v) is 6.58. The molecule has 1 fully saturated rings. The van der Waals surface area contributed by atoms with Crippen molar-refractivity contribution < 1.29 is 15.0 Å². The minimum atomic E-state index is -0.186. The maximum atomic E-state index is 12.5. The maximum absolute atomic E-state index is 12.5. The number of nitrogens with two attached hydrogens (primary N) is 1. The zero-order chi connectivity index (χ0) is 14.0. The van der Waals surface area contributed by atoms with Crippen LogP contribution in [0.2, 0.25) is 0 Å². The summed E-state index contributed by atoms with van der Waals surface area (Å²) >= 11 is 0. The molecular weight excluding hydrogens is 244 g/mol. The van der Waals surface area contributed by atoms with E-state index >= 15 is 0 Å². The summed E-state index contributed by atoms with van der Waals surface area (Å²) in [6.45, 7) is 2.43. The first-order valence-electron chi connectivity index (χ1n) is 6.58. The van der Waals surface area contributed by atoms with E-state index < -0.39 is 0 Å². The van der Waals surface area contributed by atoms with E-state index in [1.807, 2.05) is 6.92 Å². The highest BCUT2D eigenvalue weighted by molar-refractivity contribution is 5.95. The van der Waals surface area contributed by atoms with Gasteiger partial charge in [-0.15, -0.1) is 0 Å². The van der Waals surface area contributed by atoms with Crippen LogP contribution in [0.15, 0.2) is 18.2 Å². The summed E-state index contributed by atoms with van der Waals surface area (Å²) in [4.78, 5) is 14.3. The van der Waals surface area contributed by atoms with E-state index in [1.165, 1.54) is 18.2 Å². The summed E-state index contributed by atoms with van der Waals surface area (Å²) in [5, 5.41) is 18.9. The van der Waals surface area contributed by atoms with Crippen molar-refractivity contribution in [1.82, 2.24) is 4.90 Å². The SMILES string of the molecule is CC1CCCC(CN)N1C(=O)c1cc(O)cc(O)c1. The second-order valence-electron chi connectivity index (χ2n) is 5.12. The monoisotopic (exact) mass is 264 g/mol. The van der Waals surface area contributed by atoms with E-state index in [1.54, 1.807) is 4.90 Å². The lowest BCUT2D eigenvalue weighted by Crippen LogP contribution is -2.51. The molecule has 0 aromatic heterocycles. The third-order valence-corrected chi connectivity index (χ3v) is 3.68. The molecule has 1 aromatic carbocycles. The van der Waals surface area contributed by atoms with E-state index in [0.29, 0.717) is 12.1 Å². The molecule has 1 amide bonds. The number of aromatic hydroxyl groups is 2. The second kappa shape index (κ2) is 5.48. The number of likely N-dealkylation sites (tertiary alicyclic amines) is 1. The quantitative estimate of drug-likeness (QED) is 0.754. The Morgan fingerprint density at radius 2 is 1.95 bits per heavy atom. The van der Waals surface area contributed by atoms with Crippen molar-refractivity contribution in [2.75, 3.05) is 6.54 Å². The Kier molecular flexibility index (Phi) is 3.95. The minimum Gasteiger partial charge on any atom is -0.508 e. The van der Waals surface area contributed by atoms with Gasteiger partial charge in [0.2, 0.25) is 0 Å². The van der Waals surface area contributed by atoms with Crippen LogP contribution in [0.5, 0.6) is 11.5 Å². The number of benzene rings is 1. The number of nitrogens with zero attached hydrogens (tertiary/aromatic N) is 1. The molecule has 4 N–H and O–H groups in total.